The van der Waals surface area contributed by atoms with Crippen LogP contribution in [0.1, 0.15) is 39.0 Å². The van der Waals surface area contributed by atoms with Crippen LogP contribution in [0.15, 0.2) is 4.99 Å². The predicted octanol–water partition coefficient (Wildman–Crippen LogP) is 1.25. The summed E-state index contributed by atoms with van der Waals surface area (Å²) >= 11 is 0. The van der Waals surface area contributed by atoms with E-state index in [0.29, 0.717) is 19.1 Å². The van der Waals surface area contributed by atoms with Crippen LogP contribution in [-0.2, 0) is 9.53 Å². The number of rotatable bonds is 5. The van der Waals surface area contributed by atoms with Gasteiger partial charge in [-0.3, -0.25) is 9.79 Å². The Kier molecular flexibility index (Phi) is 8.40. The molecule has 3 saturated heterocycles. The van der Waals surface area contributed by atoms with Gasteiger partial charge in [0, 0.05) is 45.7 Å². The van der Waals surface area contributed by atoms with Crippen LogP contribution in [0.4, 0.5) is 0 Å². The summed E-state index contributed by atoms with van der Waals surface area (Å²) in [4.78, 5) is 24.0. The number of piperidine rings is 2. The summed E-state index contributed by atoms with van der Waals surface area (Å²) in [6.07, 6.45) is 5.72. The number of likely N-dealkylation sites (tertiary alicyclic amines) is 2. The van der Waals surface area contributed by atoms with Crippen molar-refractivity contribution in [1.82, 2.24) is 20.0 Å². The maximum Gasteiger partial charge on any atom is 0.225 e. The number of nitrogens with one attached hydrogen (secondary N) is 1. The molecule has 0 aromatic rings. The molecule has 0 aromatic carbocycles. The lowest BCUT2D eigenvalue weighted by atomic mass is 9.93. The Morgan fingerprint density at radius 1 is 1.00 bits per heavy atom. The molecule has 7 heteroatoms. The minimum atomic E-state index is 0.163. The number of carbonyl (C=O) groups excluding carboxylic acids is 1. The highest BCUT2D eigenvalue weighted by Crippen LogP contribution is 2.21. The highest BCUT2D eigenvalue weighted by molar-refractivity contribution is 5.81. The van der Waals surface area contributed by atoms with Gasteiger partial charge in [0.05, 0.1) is 13.2 Å². The molecule has 1 amide bonds. The molecule has 0 saturated carbocycles. The molecule has 3 heterocycles. The third-order valence-electron chi connectivity index (χ3n) is 6.67. The van der Waals surface area contributed by atoms with Crippen LogP contribution in [0, 0.1) is 11.8 Å². The second-order valence-electron chi connectivity index (χ2n) is 8.34. The monoisotopic (exact) mass is 393 g/mol. The average Bonchev–Trinajstić information content (AvgIpc) is 2.77. The minimum Gasteiger partial charge on any atom is -0.378 e. The Labute approximate surface area is 170 Å². The van der Waals surface area contributed by atoms with Crippen molar-refractivity contribution in [2.24, 2.45) is 16.8 Å². The summed E-state index contributed by atoms with van der Waals surface area (Å²) in [6, 6.07) is 0. The van der Waals surface area contributed by atoms with Gasteiger partial charge in [-0.1, -0.05) is 6.92 Å². The van der Waals surface area contributed by atoms with Gasteiger partial charge in [0.15, 0.2) is 5.96 Å². The third-order valence-corrected chi connectivity index (χ3v) is 6.67. The molecule has 1 N–H and O–H groups in total. The van der Waals surface area contributed by atoms with Crippen molar-refractivity contribution < 1.29 is 9.53 Å². The summed E-state index contributed by atoms with van der Waals surface area (Å²) in [5.41, 5.74) is 0. The van der Waals surface area contributed by atoms with Crippen molar-refractivity contribution in [2.75, 3.05) is 72.6 Å². The number of morpholine rings is 1. The Balaban J connectivity index is 1.36. The van der Waals surface area contributed by atoms with Crippen LogP contribution in [0.5, 0.6) is 0 Å². The molecular formula is C21H39N5O2. The van der Waals surface area contributed by atoms with Gasteiger partial charge in [-0.15, -0.1) is 0 Å². The Morgan fingerprint density at radius 3 is 2.29 bits per heavy atom. The molecule has 3 fully saturated rings. The van der Waals surface area contributed by atoms with E-state index >= 15 is 0 Å². The zero-order valence-electron chi connectivity index (χ0n) is 17.9. The van der Waals surface area contributed by atoms with E-state index in [1.807, 2.05) is 11.9 Å². The number of aliphatic imine (C=N–C) groups is 1. The fourth-order valence-corrected chi connectivity index (χ4v) is 4.69. The molecule has 160 valence electrons. The van der Waals surface area contributed by atoms with Crippen molar-refractivity contribution in [3.8, 4) is 0 Å². The summed E-state index contributed by atoms with van der Waals surface area (Å²) in [5, 5.41) is 3.57. The molecule has 7 nitrogen and oxygen atoms in total. The number of guanidine groups is 1. The van der Waals surface area contributed by atoms with E-state index in [0.717, 1.165) is 57.4 Å². The maximum absolute atomic E-state index is 12.7. The minimum absolute atomic E-state index is 0.163. The van der Waals surface area contributed by atoms with E-state index in [-0.39, 0.29) is 5.92 Å². The zero-order chi connectivity index (χ0) is 19.8. The second kappa shape index (κ2) is 11.0. The van der Waals surface area contributed by atoms with Gasteiger partial charge in [-0.25, -0.2) is 0 Å². The van der Waals surface area contributed by atoms with Crippen LogP contribution >= 0.6 is 0 Å². The number of amides is 1. The van der Waals surface area contributed by atoms with Gasteiger partial charge in [-0.05, 0) is 57.7 Å². The molecule has 0 unspecified atom stereocenters. The normalized spacial score (nSPS) is 23.9. The SMILES string of the molecule is CCN1CCC(CCNC(=NC)N2CCC(C(=O)N3CCOCC3)CC2)CC1. The van der Waals surface area contributed by atoms with Crippen LogP contribution in [-0.4, -0.2) is 99.2 Å². The highest BCUT2D eigenvalue weighted by Gasteiger charge is 2.30. The molecule has 3 aliphatic heterocycles. The van der Waals surface area contributed by atoms with Crippen molar-refractivity contribution >= 4 is 11.9 Å². The zero-order valence-corrected chi connectivity index (χ0v) is 17.9. The standard InChI is InChI=1S/C21H39N5O2/c1-3-24-10-5-18(6-11-24)4-9-23-21(22-2)26-12-7-19(8-13-26)20(27)25-14-16-28-17-15-25/h18-19H,3-17H2,1-2H3,(H,22,23). The van der Waals surface area contributed by atoms with Crippen molar-refractivity contribution in [2.45, 2.75) is 39.0 Å². The quantitative estimate of drug-likeness (QED) is 0.563. The Morgan fingerprint density at radius 2 is 1.68 bits per heavy atom. The highest BCUT2D eigenvalue weighted by atomic mass is 16.5. The molecule has 0 spiro atoms. The molecule has 0 atom stereocenters. The molecule has 0 radical (unpaired) electrons. The van der Waals surface area contributed by atoms with Gasteiger partial charge in [-0.2, -0.15) is 0 Å². The van der Waals surface area contributed by atoms with Gasteiger partial charge < -0.3 is 24.8 Å². The lowest BCUT2D eigenvalue weighted by Crippen LogP contribution is -2.50. The van der Waals surface area contributed by atoms with E-state index in [1.165, 1.54) is 38.9 Å². The van der Waals surface area contributed by atoms with E-state index < -0.39 is 0 Å². The van der Waals surface area contributed by atoms with Gasteiger partial charge in [0.1, 0.15) is 0 Å². The number of carbonyl (C=O) groups is 1. The lowest BCUT2D eigenvalue weighted by Gasteiger charge is -2.37. The first-order valence-electron chi connectivity index (χ1n) is 11.3. The molecule has 0 aromatic heterocycles. The first kappa shape index (κ1) is 21.4. The topological polar surface area (TPSA) is 60.4 Å². The van der Waals surface area contributed by atoms with Gasteiger partial charge in [0.2, 0.25) is 5.91 Å². The van der Waals surface area contributed by atoms with Gasteiger partial charge >= 0.3 is 0 Å². The fraction of sp³-hybridized carbons (Fsp3) is 0.905. The van der Waals surface area contributed by atoms with Crippen molar-refractivity contribution in [3.63, 3.8) is 0 Å². The molecule has 3 aliphatic rings. The molecule has 28 heavy (non-hydrogen) atoms. The van der Waals surface area contributed by atoms with Crippen molar-refractivity contribution in [3.05, 3.63) is 0 Å². The lowest BCUT2D eigenvalue weighted by molar-refractivity contribution is -0.140. The van der Waals surface area contributed by atoms with E-state index in [1.54, 1.807) is 0 Å². The third kappa shape index (κ3) is 5.83. The first-order chi connectivity index (χ1) is 13.7. The fourth-order valence-electron chi connectivity index (χ4n) is 4.69. The van der Waals surface area contributed by atoms with Crippen LogP contribution in [0.25, 0.3) is 0 Å². The second-order valence-corrected chi connectivity index (χ2v) is 8.34. The maximum atomic E-state index is 12.7. The molecule has 0 aliphatic carbocycles. The van der Waals surface area contributed by atoms with Crippen LogP contribution < -0.4 is 5.32 Å². The smallest absolute Gasteiger partial charge is 0.225 e. The summed E-state index contributed by atoms with van der Waals surface area (Å²) in [7, 11) is 1.87. The molecule has 0 bridgehead atoms. The van der Waals surface area contributed by atoms with E-state index in [4.69, 9.17) is 4.74 Å². The first-order valence-corrected chi connectivity index (χ1v) is 11.3. The average molecular weight is 394 g/mol. The number of hydrogen-bond acceptors (Lipinski definition) is 4. The number of hydrogen-bond donors (Lipinski definition) is 1. The molecular weight excluding hydrogens is 354 g/mol. The Hall–Kier alpha value is -1.34. The predicted molar refractivity (Wildman–Crippen MR) is 113 cm³/mol. The van der Waals surface area contributed by atoms with Gasteiger partial charge in [0.25, 0.3) is 0 Å². The van der Waals surface area contributed by atoms with E-state index in [9.17, 15) is 4.79 Å². The number of nitrogens with zero attached hydrogens (tertiary/aromatic N) is 4. The summed E-state index contributed by atoms with van der Waals surface area (Å²) in [5.74, 6) is 2.33. The van der Waals surface area contributed by atoms with Crippen LogP contribution in [0.2, 0.25) is 0 Å². The van der Waals surface area contributed by atoms with Crippen LogP contribution in [0.3, 0.4) is 0 Å². The van der Waals surface area contributed by atoms with Crippen molar-refractivity contribution in [1.29, 1.82) is 0 Å². The summed E-state index contributed by atoms with van der Waals surface area (Å²) in [6.45, 7) is 11.6. The largest absolute Gasteiger partial charge is 0.378 e. The Bertz CT molecular complexity index is 505. The molecule has 3 rings (SSSR count). The van der Waals surface area contributed by atoms with E-state index in [2.05, 4.69) is 27.0 Å². The number of ether oxygens (including phenoxy) is 1. The summed E-state index contributed by atoms with van der Waals surface area (Å²) < 4.78 is 5.36.